The van der Waals surface area contributed by atoms with Crippen LogP contribution in [-0.4, -0.2) is 52.5 Å². The smallest absolute Gasteiger partial charge is 0.325 e. The molecule has 3 rings (SSSR count). The second-order valence-electron chi connectivity index (χ2n) is 7.93. The number of aliphatic hydroxyl groups is 1. The van der Waals surface area contributed by atoms with Crippen LogP contribution in [0.5, 0.6) is 5.75 Å². The highest BCUT2D eigenvalue weighted by atomic mass is 16.5. The number of hydrogen-bond acceptors (Lipinski definition) is 5. The van der Waals surface area contributed by atoms with Crippen LogP contribution in [0, 0.1) is 5.92 Å². The van der Waals surface area contributed by atoms with Crippen molar-refractivity contribution in [2.45, 2.75) is 57.6 Å². The summed E-state index contributed by atoms with van der Waals surface area (Å²) in [6.07, 6.45) is 4.17. The lowest BCUT2D eigenvalue weighted by Crippen LogP contribution is -2.51. The fraction of sp³-hybridized carbons (Fsp3) is 0.571. The van der Waals surface area contributed by atoms with Crippen LogP contribution >= 0.6 is 0 Å². The van der Waals surface area contributed by atoms with Crippen molar-refractivity contribution in [3.05, 3.63) is 29.8 Å². The Labute approximate surface area is 165 Å². The van der Waals surface area contributed by atoms with Gasteiger partial charge in [-0.15, -0.1) is 0 Å². The highest BCUT2D eigenvalue weighted by molar-refractivity contribution is 6.07. The van der Waals surface area contributed by atoms with E-state index in [9.17, 15) is 19.5 Å². The van der Waals surface area contributed by atoms with Crippen LogP contribution in [0.15, 0.2) is 24.3 Å². The maximum Gasteiger partial charge on any atom is 0.325 e. The molecule has 0 bridgehead atoms. The number of imide groups is 1. The zero-order valence-electron chi connectivity index (χ0n) is 16.4. The third-order valence-electron chi connectivity index (χ3n) is 5.82. The molecular formula is C21H28N2O5. The van der Waals surface area contributed by atoms with E-state index in [1.807, 2.05) is 0 Å². The number of Topliss-reactive ketones (excluding diaryl/α,β-unsaturated/α-hetero) is 1. The molecule has 1 aliphatic heterocycles. The maximum atomic E-state index is 12.9. The van der Waals surface area contributed by atoms with E-state index in [2.05, 4.69) is 5.32 Å². The van der Waals surface area contributed by atoms with Gasteiger partial charge >= 0.3 is 6.03 Å². The van der Waals surface area contributed by atoms with Gasteiger partial charge in [0.25, 0.3) is 5.91 Å². The van der Waals surface area contributed by atoms with Crippen LogP contribution in [-0.2, 0) is 4.79 Å². The zero-order valence-corrected chi connectivity index (χ0v) is 16.4. The third kappa shape index (κ3) is 4.19. The maximum absolute atomic E-state index is 12.9. The molecular weight excluding hydrogens is 360 g/mol. The van der Waals surface area contributed by atoms with E-state index in [0.717, 1.165) is 30.6 Å². The lowest BCUT2D eigenvalue weighted by molar-refractivity contribution is -0.134. The fourth-order valence-corrected chi connectivity index (χ4v) is 4.08. The second kappa shape index (κ2) is 8.31. The predicted molar refractivity (Wildman–Crippen MR) is 103 cm³/mol. The Hall–Kier alpha value is -2.41. The summed E-state index contributed by atoms with van der Waals surface area (Å²) < 4.78 is 5.52. The van der Waals surface area contributed by atoms with Crippen LogP contribution in [0.4, 0.5) is 4.79 Å². The van der Waals surface area contributed by atoms with Crippen LogP contribution in [0.2, 0.25) is 0 Å². The first kappa shape index (κ1) is 20.3. The number of benzene rings is 1. The van der Waals surface area contributed by atoms with Crippen molar-refractivity contribution in [2.24, 2.45) is 5.92 Å². The molecule has 7 nitrogen and oxygen atoms in total. The molecule has 3 amide bonds. The first-order chi connectivity index (χ1) is 13.3. The zero-order chi connectivity index (χ0) is 20.3. The molecule has 2 aliphatic rings. The number of hydrogen-bond donors (Lipinski definition) is 2. The monoisotopic (exact) mass is 388 g/mol. The molecule has 152 valence electrons. The van der Waals surface area contributed by atoms with Crippen molar-refractivity contribution in [2.75, 3.05) is 13.2 Å². The number of ketones is 1. The molecule has 1 saturated heterocycles. The number of aliphatic hydroxyl groups excluding tert-OH is 1. The minimum Gasteiger partial charge on any atom is -0.491 e. The number of carbonyl (C=O) groups is 3. The molecule has 2 unspecified atom stereocenters. The van der Waals surface area contributed by atoms with Gasteiger partial charge in [0.05, 0.1) is 6.54 Å². The molecule has 1 aromatic carbocycles. The van der Waals surface area contributed by atoms with E-state index in [-0.39, 0.29) is 30.8 Å². The summed E-state index contributed by atoms with van der Waals surface area (Å²) in [5.74, 6) is 0.338. The molecule has 1 saturated carbocycles. The summed E-state index contributed by atoms with van der Waals surface area (Å²) in [7, 11) is 0. The van der Waals surface area contributed by atoms with Gasteiger partial charge in [0, 0.05) is 5.56 Å². The highest BCUT2D eigenvalue weighted by Gasteiger charge is 2.52. The van der Waals surface area contributed by atoms with Gasteiger partial charge in [0.15, 0.2) is 5.78 Å². The average molecular weight is 388 g/mol. The normalized spacial score (nSPS) is 24.2. The van der Waals surface area contributed by atoms with E-state index in [1.165, 1.54) is 13.3 Å². The molecule has 2 fully saturated rings. The largest absolute Gasteiger partial charge is 0.491 e. The van der Waals surface area contributed by atoms with Crippen LogP contribution in [0.25, 0.3) is 0 Å². The number of amides is 3. The molecule has 0 aromatic heterocycles. The standard InChI is InChI=1S/C21H28N2O5/c1-14(24)15-8-10-18(11-9-15)28-13-17(25)12-23-19(26)21(2,22-20(23)27)16-6-4-3-5-7-16/h8-11,16-17,25H,3-7,12-13H2,1-2H3,(H,22,27). The third-order valence-corrected chi connectivity index (χ3v) is 5.82. The van der Waals surface area contributed by atoms with E-state index in [1.54, 1.807) is 31.2 Å². The highest BCUT2D eigenvalue weighted by Crippen LogP contribution is 2.36. The summed E-state index contributed by atoms with van der Waals surface area (Å²) >= 11 is 0. The van der Waals surface area contributed by atoms with Gasteiger partial charge in [0.1, 0.15) is 24.0 Å². The van der Waals surface area contributed by atoms with Crippen molar-refractivity contribution in [1.82, 2.24) is 10.2 Å². The van der Waals surface area contributed by atoms with Crippen molar-refractivity contribution < 1.29 is 24.2 Å². The molecule has 0 spiro atoms. The lowest BCUT2D eigenvalue weighted by atomic mass is 9.75. The van der Waals surface area contributed by atoms with Crippen molar-refractivity contribution in [3.63, 3.8) is 0 Å². The Morgan fingerprint density at radius 1 is 1.25 bits per heavy atom. The van der Waals surface area contributed by atoms with Gasteiger partial charge < -0.3 is 15.2 Å². The number of rotatable bonds is 7. The summed E-state index contributed by atoms with van der Waals surface area (Å²) in [5.41, 5.74) is -0.310. The quantitative estimate of drug-likeness (QED) is 0.553. The molecule has 1 heterocycles. The van der Waals surface area contributed by atoms with Crippen LogP contribution in [0.1, 0.15) is 56.3 Å². The van der Waals surface area contributed by atoms with Crippen LogP contribution in [0.3, 0.4) is 0 Å². The summed E-state index contributed by atoms with van der Waals surface area (Å²) in [6.45, 7) is 3.11. The van der Waals surface area contributed by atoms with Gasteiger partial charge in [-0.25, -0.2) is 4.79 Å². The van der Waals surface area contributed by atoms with E-state index in [4.69, 9.17) is 4.74 Å². The molecule has 0 radical (unpaired) electrons. The molecule has 28 heavy (non-hydrogen) atoms. The summed E-state index contributed by atoms with van der Waals surface area (Å²) in [4.78, 5) is 37.7. The van der Waals surface area contributed by atoms with Crippen molar-refractivity contribution in [3.8, 4) is 5.75 Å². The predicted octanol–water partition coefficient (Wildman–Crippen LogP) is 2.52. The Kier molecular flexibility index (Phi) is 6.03. The van der Waals surface area contributed by atoms with Crippen LogP contribution < -0.4 is 10.1 Å². The van der Waals surface area contributed by atoms with E-state index >= 15 is 0 Å². The Balaban J connectivity index is 1.56. The molecule has 7 heteroatoms. The first-order valence-electron chi connectivity index (χ1n) is 9.87. The van der Waals surface area contributed by atoms with Gasteiger partial charge in [-0.1, -0.05) is 19.3 Å². The second-order valence-corrected chi connectivity index (χ2v) is 7.93. The van der Waals surface area contributed by atoms with Crippen molar-refractivity contribution in [1.29, 1.82) is 0 Å². The van der Waals surface area contributed by atoms with E-state index < -0.39 is 17.7 Å². The summed E-state index contributed by atoms with van der Waals surface area (Å²) in [5, 5.41) is 13.1. The molecule has 2 N–H and O–H groups in total. The minimum atomic E-state index is -1.00. The molecule has 2 atom stereocenters. The number of nitrogens with one attached hydrogen (secondary N) is 1. The van der Waals surface area contributed by atoms with Gasteiger partial charge in [-0.05, 0) is 56.9 Å². The summed E-state index contributed by atoms with van der Waals surface area (Å²) in [6, 6.07) is 6.14. The minimum absolute atomic E-state index is 0.0360. The number of nitrogens with zero attached hydrogens (tertiary/aromatic N) is 1. The fourth-order valence-electron chi connectivity index (χ4n) is 4.08. The number of ether oxygens (including phenoxy) is 1. The van der Waals surface area contributed by atoms with Gasteiger partial charge in [0.2, 0.25) is 0 Å². The number of urea groups is 1. The lowest BCUT2D eigenvalue weighted by Gasteiger charge is -2.34. The Morgan fingerprint density at radius 3 is 2.50 bits per heavy atom. The van der Waals surface area contributed by atoms with E-state index in [0.29, 0.717) is 11.3 Å². The van der Waals surface area contributed by atoms with Crippen molar-refractivity contribution >= 4 is 17.7 Å². The first-order valence-corrected chi connectivity index (χ1v) is 9.87. The SMILES string of the molecule is CC(=O)c1ccc(OCC(O)CN2C(=O)NC(C)(C3CCCCC3)C2=O)cc1. The number of carbonyl (C=O) groups excluding carboxylic acids is 3. The average Bonchev–Trinajstić information content (AvgIpc) is 2.91. The van der Waals surface area contributed by atoms with Gasteiger partial charge in [-0.2, -0.15) is 0 Å². The molecule has 1 aliphatic carbocycles. The molecule has 1 aromatic rings. The Bertz CT molecular complexity index is 742. The van der Waals surface area contributed by atoms with Gasteiger partial charge in [-0.3, -0.25) is 14.5 Å². The number of β-amino-alcohol motifs (C(OH)–C–C–N with tert-alkyl or cyclic N) is 1. The Morgan fingerprint density at radius 2 is 1.89 bits per heavy atom. The topological polar surface area (TPSA) is 95.9 Å².